The number of urea groups is 1. The molecule has 3 aliphatic rings. The van der Waals surface area contributed by atoms with Crippen molar-refractivity contribution in [2.75, 3.05) is 58.5 Å². The van der Waals surface area contributed by atoms with Crippen LogP contribution in [0.15, 0.2) is 59.0 Å². The Morgan fingerprint density at radius 1 is 0.673 bits per heavy atom. The van der Waals surface area contributed by atoms with Crippen LogP contribution in [0.3, 0.4) is 0 Å². The number of Topliss-reactive ketones (excluding diaryl/α,β-unsaturated/α-hetero) is 4. The van der Waals surface area contributed by atoms with Gasteiger partial charge in [-0.2, -0.15) is 11.8 Å². The molecule has 30 nitrogen and oxygen atoms in total. The zero-order valence-corrected chi connectivity index (χ0v) is 57.7. The summed E-state index contributed by atoms with van der Waals surface area (Å²) in [6.07, 6.45) is 9.26. The number of hydrogen-bond acceptors (Lipinski definition) is 19. The van der Waals surface area contributed by atoms with E-state index in [0.717, 1.165) is 25.0 Å². The molecule has 0 radical (unpaired) electrons. The highest BCUT2D eigenvalue weighted by Crippen LogP contribution is 2.33. The number of benzene rings is 1. The number of primary amides is 1. The summed E-state index contributed by atoms with van der Waals surface area (Å²) in [5.41, 5.74) is 24.5. The zero-order chi connectivity index (χ0) is 70.8. The Morgan fingerprint density at radius 2 is 1.35 bits per heavy atom. The Bertz CT molecular complexity index is 3110. The number of aliphatic imine (C=N–C) groups is 2. The molecular formula is C67H103N17O13S. The molecule has 3 aliphatic heterocycles. The lowest BCUT2D eigenvalue weighted by Gasteiger charge is -2.27. The predicted octanol–water partition coefficient (Wildman–Crippen LogP) is 1.75. The van der Waals surface area contributed by atoms with Crippen LogP contribution in [0.2, 0.25) is 0 Å². The van der Waals surface area contributed by atoms with Gasteiger partial charge >= 0.3 is 6.03 Å². The van der Waals surface area contributed by atoms with Crippen molar-refractivity contribution in [3.8, 4) is 0 Å². The van der Waals surface area contributed by atoms with Crippen LogP contribution >= 0.6 is 11.8 Å². The number of aromatic nitrogens is 5. The fourth-order valence-corrected chi connectivity index (χ4v) is 13.6. The number of carbonyl (C=O) groups is 10. The molecule has 2 fully saturated rings. The molecule has 10 atom stereocenters. The van der Waals surface area contributed by atoms with Gasteiger partial charge in [-0.15, -0.1) is 5.10 Å². The molecular weight excluding hydrogens is 1280 g/mol. The molecule has 6 rings (SSSR count). The van der Waals surface area contributed by atoms with Gasteiger partial charge in [0.1, 0.15) is 24.5 Å². The van der Waals surface area contributed by atoms with Gasteiger partial charge in [0.2, 0.25) is 29.5 Å². The lowest BCUT2D eigenvalue weighted by molar-refractivity contribution is -0.136. The number of guanidine groups is 1. The Hall–Kier alpha value is -8.16. The van der Waals surface area contributed by atoms with Crippen molar-refractivity contribution in [2.45, 2.75) is 197 Å². The molecule has 0 spiro atoms. The lowest BCUT2D eigenvalue weighted by Crippen LogP contribution is -2.54. The van der Waals surface area contributed by atoms with E-state index in [9.17, 15) is 47.9 Å². The number of nitrogens with zero attached hydrogens (tertiary/aromatic N) is 6. The van der Waals surface area contributed by atoms with Crippen LogP contribution in [-0.4, -0.2) is 195 Å². The summed E-state index contributed by atoms with van der Waals surface area (Å²) in [6, 6.07) is 4.45. The van der Waals surface area contributed by atoms with Crippen molar-refractivity contribution in [3.63, 3.8) is 0 Å². The Morgan fingerprint density at radius 3 is 2.07 bits per heavy atom. The van der Waals surface area contributed by atoms with Gasteiger partial charge in [0.25, 0.3) is 0 Å². The molecule has 0 saturated carbocycles. The lowest BCUT2D eigenvalue weighted by atomic mass is 9.88. The summed E-state index contributed by atoms with van der Waals surface area (Å²) in [5, 5.41) is 26.4. The van der Waals surface area contributed by atoms with E-state index < -0.39 is 95.2 Å². The van der Waals surface area contributed by atoms with E-state index in [4.69, 9.17) is 37.1 Å². The van der Waals surface area contributed by atoms with E-state index in [-0.39, 0.29) is 146 Å². The van der Waals surface area contributed by atoms with E-state index in [1.54, 1.807) is 48.1 Å². The average molecular weight is 1390 g/mol. The third-order valence-electron chi connectivity index (χ3n) is 17.3. The van der Waals surface area contributed by atoms with E-state index >= 15 is 0 Å². The monoisotopic (exact) mass is 1390 g/mol. The molecule has 98 heavy (non-hydrogen) atoms. The van der Waals surface area contributed by atoms with Gasteiger partial charge in [-0.3, -0.25) is 57.8 Å². The number of nitrogens with two attached hydrogens (primary N) is 4. The fourth-order valence-electron chi connectivity index (χ4n) is 12.1. The quantitative estimate of drug-likeness (QED) is 0.0176. The van der Waals surface area contributed by atoms with E-state index in [0.29, 0.717) is 79.7 Å². The van der Waals surface area contributed by atoms with E-state index in [2.05, 4.69) is 62.2 Å². The molecule has 5 heterocycles. The summed E-state index contributed by atoms with van der Waals surface area (Å²) >= 11 is 1.87. The Kier molecular flexibility index (Phi) is 34.3. The highest BCUT2D eigenvalue weighted by atomic mass is 32.2. The molecule has 2 aromatic heterocycles. The molecule has 3 aromatic rings. The number of H-pyrrole nitrogens is 1. The van der Waals surface area contributed by atoms with Crippen molar-refractivity contribution in [3.05, 3.63) is 66.0 Å². The minimum Gasteiger partial charge on any atom is -0.388 e. The average Bonchev–Trinajstić information content (AvgIpc) is 1.66. The minimum absolute atomic E-state index is 0.00153. The van der Waals surface area contributed by atoms with Crippen LogP contribution in [-0.2, 0) is 83.2 Å². The third kappa shape index (κ3) is 29.1. The zero-order valence-electron chi connectivity index (χ0n) is 56.9. The molecule has 15 N–H and O–H groups in total. The first kappa shape index (κ1) is 78.8. The van der Waals surface area contributed by atoms with E-state index in [1.165, 1.54) is 12.5 Å². The molecule has 2 saturated heterocycles. The molecule has 2 bridgehead atoms. The first-order valence-electron chi connectivity index (χ1n) is 34.3. The predicted molar refractivity (Wildman–Crippen MR) is 368 cm³/mol. The molecule has 0 unspecified atom stereocenters. The number of ether oxygens (including phenoxy) is 3. The number of ketones is 4. The van der Waals surface area contributed by atoms with Gasteiger partial charge in [0.05, 0.1) is 80.3 Å². The standard InChI is InChI=1S/C67H103N17O13S/c1-42(2)30-55-65(93)77-53(61(69)89)19-9-10-24-84-38-49(82-83-84)33-46(34-51(86)39-97-29-28-96-27-26-95-25-13-18-50(85)17-7-8-21-59-60-56(40-98-59)80-67(94)81-60)63(91)76-52(20-12-23-74-66(70)71)57(87)36-47(32-48-37-72-41-75-48)64(92)78-54(31-44-14-5-4-6-15-44)58(88)35-45(62(90)79-55)16-11-22-73-43(3)68/h4-6,14-15,37-38,41-42,45-47,52-56,59-60H,7-13,16-36,39-40H2,1-3H3,(H2,68,73)(H2,69,89)(H,72,75)(H,76,91)(H,77,93)(H,78,92)(H,79,90)(H4,70,71,74)(H2,80,81,94)/t45-,46+,47-,52+,53-,54+,55+,56-,59-,60-/m0/s1. The third-order valence-corrected chi connectivity index (χ3v) is 18.8. The first-order chi connectivity index (χ1) is 47.1. The molecule has 7 amide bonds. The largest absolute Gasteiger partial charge is 0.388 e. The molecule has 540 valence electrons. The summed E-state index contributed by atoms with van der Waals surface area (Å²) in [5.74, 6) is -7.07. The first-order valence-corrected chi connectivity index (χ1v) is 35.4. The van der Waals surface area contributed by atoms with E-state index in [1.807, 2.05) is 25.6 Å². The maximum atomic E-state index is 15.0. The highest BCUT2D eigenvalue weighted by molar-refractivity contribution is 8.00. The maximum absolute atomic E-state index is 15.0. The smallest absolute Gasteiger partial charge is 0.315 e. The number of nitrogens with one attached hydrogen (secondary N) is 7. The number of fused-ring (bicyclic) bond motifs is 3. The number of thioether (sulfide) groups is 1. The summed E-state index contributed by atoms with van der Waals surface area (Å²) in [6.45, 7) is 6.74. The number of unbranched alkanes of at least 4 members (excludes halogenated alkanes) is 1. The van der Waals surface area contributed by atoms with Crippen LogP contribution in [0.4, 0.5) is 4.79 Å². The number of aryl methyl sites for hydroxylation is 1. The van der Waals surface area contributed by atoms with Crippen LogP contribution < -0.4 is 54.8 Å². The second-order valence-corrected chi connectivity index (χ2v) is 27.3. The van der Waals surface area contributed by atoms with Gasteiger partial charge < -0.3 is 74.0 Å². The summed E-state index contributed by atoms with van der Waals surface area (Å²) < 4.78 is 18.6. The van der Waals surface area contributed by atoms with Crippen LogP contribution in [0, 0.1) is 23.7 Å². The summed E-state index contributed by atoms with van der Waals surface area (Å²) in [7, 11) is 0. The van der Waals surface area contributed by atoms with Crippen LogP contribution in [0.25, 0.3) is 0 Å². The second kappa shape index (κ2) is 42.6. The number of hydrogen-bond donors (Lipinski definition) is 11. The van der Waals surface area contributed by atoms with Crippen molar-refractivity contribution in [1.82, 2.24) is 56.9 Å². The van der Waals surface area contributed by atoms with Crippen LogP contribution in [0.1, 0.15) is 147 Å². The van der Waals surface area contributed by atoms with Gasteiger partial charge in [-0.25, -0.2) is 9.78 Å². The molecule has 31 heteroatoms. The highest BCUT2D eigenvalue weighted by Gasteiger charge is 2.43. The van der Waals surface area contributed by atoms with Gasteiger partial charge in [-0.1, -0.05) is 55.8 Å². The summed E-state index contributed by atoms with van der Waals surface area (Å²) in [4.78, 5) is 155. The number of rotatable bonds is 34. The Balaban J connectivity index is 1.16. The van der Waals surface area contributed by atoms with Gasteiger partial charge in [0.15, 0.2) is 23.3 Å². The van der Waals surface area contributed by atoms with Crippen molar-refractivity contribution >= 4 is 82.3 Å². The number of aromatic amines is 1. The van der Waals surface area contributed by atoms with Crippen LogP contribution in [0.5, 0.6) is 0 Å². The minimum atomic E-state index is -1.24. The maximum Gasteiger partial charge on any atom is 0.315 e. The number of amides is 7. The fraction of sp³-hybridized carbons (Fsp3) is 0.657. The number of amidine groups is 1. The normalized spacial score (nSPS) is 23.6. The van der Waals surface area contributed by atoms with Crippen molar-refractivity contribution in [2.24, 2.45) is 56.6 Å². The van der Waals surface area contributed by atoms with Gasteiger partial charge in [-0.05, 0) is 95.5 Å². The topological polar surface area (TPSA) is 459 Å². The van der Waals surface area contributed by atoms with Crippen molar-refractivity contribution < 1.29 is 62.2 Å². The number of imidazole rings is 1. The Labute approximate surface area is 577 Å². The SMILES string of the molecule is CC(N)=NCCC[C@H]1CC(=O)[C@@H](Cc2ccccc2)NC(=O)[C@@H](Cc2cnc[nH]2)CC(=O)[C@@H](CCCN=C(N)N)NC(=O)[C@@H](CC(=O)COCCOCCOCCCC(=O)CCCC[C@@H]2SC[C@@H]3NC(=O)N[C@@H]32)Cc2cn(nn2)CCCC[C@@H](C(N)=O)NC(=O)[C@@H](CC(C)C)NC1=O. The molecule has 1 aromatic carbocycles. The molecule has 0 aliphatic carbocycles. The van der Waals surface area contributed by atoms with Crippen molar-refractivity contribution in [1.29, 1.82) is 0 Å². The number of carbonyl (C=O) groups excluding carboxylic acids is 10. The second-order valence-electron chi connectivity index (χ2n) is 26.0. The van der Waals surface area contributed by atoms with Gasteiger partial charge in [0, 0.05) is 106 Å².